The van der Waals surface area contributed by atoms with Crippen molar-refractivity contribution in [3.05, 3.63) is 58.8 Å². The third-order valence-electron chi connectivity index (χ3n) is 5.25. The third-order valence-corrected chi connectivity index (χ3v) is 5.25. The first kappa shape index (κ1) is 23.0. The summed E-state index contributed by atoms with van der Waals surface area (Å²) in [6, 6.07) is 10.5. The highest BCUT2D eigenvalue weighted by Crippen LogP contribution is 2.26. The average molecular weight is 427 g/mol. The van der Waals surface area contributed by atoms with Gasteiger partial charge in [-0.25, -0.2) is 9.98 Å². The second-order valence-corrected chi connectivity index (χ2v) is 7.64. The molecular weight excluding hydrogens is 392 g/mol. The zero-order valence-electron chi connectivity index (χ0n) is 19.1. The molecule has 7 nitrogen and oxygen atoms in total. The molecule has 1 fully saturated rings. The van der Waals surface area contributed by atoms with Gasteiger partial charge in [0.2, 0.25) is 5.88 Å². The quantitative estimate of drug-likeness (QED) is 0.397. The predicted octanol–water partition coefficient (Wildman–Crippen LogP) is 3.26. The Morgan fingerprint density at radius 1 is 1.29 bits per heavy atom. The number of nitrogens with zero attached hydrogens (tertiary/aromatic N) is 3. The van der Waals surface area contributed by atoms with Crippen molar-refractivity contribution in [1.82, 2.24) is 15.2 Å². The van der Waals surface area contributed by atoms with Crippen molar-refractivity contribution in [1.29, 1.82) is 0 Å². The maximum absolute atomic E-state index is 6.11. The van der Waals surface area contributed by atoms with Gasteiger partial charge in [0.25, 0.3) is 0 Å². The van der Waals surface area contributed by atoms with E-state index >= 15 is 0 Å². The van der Waals surface area contributed by atoms with Crippen LogP contribution in [0.1, 0.15) is 35.3 Å². The van der Waals surface area contributed by atoms with Crippen molar-refractivity contribution in [3.63, 3.8) is 0 Å². The van der Waals surface area contributed by atoms with Gasteiger partial charge in [-0.3, -0.25) is 0 Å². The van der Waals surface area contributed by atoms with E-state index in [1.54, 1.807) is 13.3 Å². The van der Waals surface area contributed by atoms with Gasteiger partial charge in [-0.1, -0.05) is 29.8 Å². The van der Waals surface area contributed by atoms with Crippen LogP contribution in [0.15, 0.2) is 41.5 Å². The Labute approximate surface area is 185 Å². The number of pyridine rings is 1. The molecule has 0 bridgehead atoms. The monoisotopic (exact) mass is 426 g/mol. The van der Waals surface area contributed by atoms with Crippen LogP contribution in [0.5, 0.6) is 5.88 Å². The van der Waals surface area contributed by atoms with E-state index in [9.17, 15) is 0 Å². The molecule has 31 heavy (non-hydrogen) atoms. The Bertz CT molecular complexity index is 872. The molecule has 1 aliphatic rings. The summed E-state index contributed by atoms with van der Waals surface area (Å²) in [6.45, 7) is 10.9. The molecule has 1 aromatic heterocycles. The van der Waals surface area contributed by atoms with Gasteiger partial charge in [0.05, 0.1) is 26.3 Å². The molecule has 0 radical (unpaired) electrons. The molecule has 1 aromatic carbocycles. The van der Waals surface area contributed by atoms with Crippen LogP contribution in [-0.2, 0) is 16.0 Å². The fraction of sp³-hybridized carbons (Fsp3) is 0.500. The highest BCUT2D eigenvalue weighted by Gasteiger charge is 2.25. The molecule has 168 valence electrons. The Kier molecular flexibility index (Phi) is 8.67. The Morgan fingerprint density at radius 2 is 2.16 bits per heavy atom. The Hall–Kier alpha value is -2.64. The fourth-order valence-electron chi connectivity index (χ4n) is 3.70. The van der Waals surface area contributed by atoms with Crippen molar-refractivity contribution in [2.24, 2.45) is 4.99 Å². The van der Waals surface area contributed by atoms with Gasteiger partial charge in [0, 0.05) is 32.0 Å². The number of benzene rings is 1. The van der Waals surface area contributed by atoms with Crippen molar-refractivity contribution < 1.29 is 14.2 Å². The van der Waals surface area contributed by atoms with Crippen molar-refractivity contribution in [2.75, 3.05) is 46.6 Å². The van der Waals surface area contributed by atoms with Gasteiger partial charge in [-0.2, -0.15) is 0 Å². The molecule has 1 N–H and O–H groups in total. The molecule has 0 aliphatic carbocycles. The fourth-order valence-corrected chi connectivity index (χ4v) is 3.70. The number of ether oxygens (including phenoxy) is 3. The van der Waals surface area contributed by atoms with Crippen molar-refractivity contribution >= 4 is 5.96 Å². The molecular formula is C24H34N4O3. The van der Waals surface area contributed by atoms with Crippen LogP contribution < -0.4 is 10.1 Å². The van der Waals surface area contributed by atoms with E-state index in [1.807, 2.05) is 12.1 Å². The topological polar surface area (TPSA) is 68.2 Å². The van der Waals surface area contributed by atoms with E-state index in [2.05, 4.69) is 54.2 Å². The number of aryl methyl sites for hydroxylation is 2. The van der Waals surface area contributed by atoms with Gasteiger partial charge in [-0.05, 0) is 38.0 Å². The van der Waals surface area contributed by atoms with Crippen LogP contribution in [0.2, 0.25) is 0 Å². The first-order chi connectivity index (χ1) is 15.1. The SMILES string of the molecule is CCNC(=NCc1cccnc1OCCOC)N1CCOC(c2ccc(C)cc2C)C1. The molecule has 7 heteroatoms. The Morgan fingerprint density at radius 3 is 2.94 bits per heavy atom. The molecule has 1 saturated heterocycles. The minimum atomic E-state index is 0.0320. The largest absolute Gasteiger partial charge is 0.475 e. The molecule has 0 spiro atoms. The highest BCUT2D eigenvalue weighted by atomic mass is 16.5. The maximum atomic E-state index is 6.11. The van der Waals surface area contributed by atoms with Gasteiger partial charge >= 0.3 is 0 Å². The summed E-state index contributed by atoms with van der Waals surface area (Å²) in [4.78, 5) is 11.5. The number of methoxy groups -OCH3 is 1. The highest BCUT2D eigenvalue weighted by molar-refractivity contribution is 5.80. The summed E-state index contributed by atoms with van der Waals surface area (Å²) in [6.07, 6.45) is 1.77. The van der Waals surface area contributed by atoms with Crippen LogP contribution in [0.3, 0.4) is 0 Å². The van der Waals surface area contributed by atoms with E-state index in [-0.39, 0.29) is 6.10 Å². The van der Waals surface area contributed by atoms with E-state index in [1.165, 1.54) is 16.7 Å². The summed E-state index contributed by atoms with van der Waals surface area (Å²) >= 11 is 0. The van der Waals surface area contributed by atoms with Gasteiger partial charge in [-0.15, -0.1) is 0 Å². The number of nitrogens with one attached hydrogen (secondary N) is 1. The van der Waals surface area contributed by atoms with Crippen LogP contribution in [0, 0.1) is 13.8 Å². The lowest BCUT2D eigenvalue weighted by molar-refractivity contribution is -0.00834. The van der Waals surface area contributed by atoms with Gasteiger partial charge in [0.15, 0.2) is 5.96 Å². The third kappa shape index (κ3) is 6.42. The molecule has 3 rings (SSSR count). The lowest BCUT2D eigenvalue weighted by Crippen LogP contribution is -2.48. The first-order valence-corrected chi connectivity index (χ1v) is 10.9. The van der Waals surface area contributed by atoms with Crippen LogP contribution in [0.25, 0.3) is 0 Å². The molecule has 1 atom stereocenters. The van der Waals surface area contributed by atoms with E-state index in [0.717, 1.165) is 31.2 Å². The van der Waals surface area contributed by atoms with Gasteiger partial charge in [0.1, 0.15) is 12.7 Å². The minimum Gasteiger partial charge on any atom is -0.475 e. The van der Waals surface area contributed by atoms with Crippen LogP contribution in [0.4, 0.5) is 0 Å². The molecule has 2 heterocycles. The Balaban J connectivity index is 1.73. The number of rotatable bonds is 8. The molecule has 2 aromatic rings. The zero-order valence-corrected chi connectivity index (χ0v) is 19.1. The number of hydrogen-bond donors (Lipinski definition) is 1. The van der Waals surface area contributed by atoms with Crippen molar-refractivity contribution in [3.8, 4) is 5.88 Å². The second-order valence-electron chi connectivity index (χ2n) is 7.64. The predicted molar refractivity (Wildman–Crippen MR) is 123 cm³/mol. The molecule has 0 amide bonds. The second kappa shape index (κ2) is 11.7. The van der Waals surface area contributed by atoms with E-state index in [4.69, 9.17) is 19.2 Å². The molecule has 1 aliphatic heterocycles. The first-order valence-electron chi connectivity index (χ1n) is 10.9. The summed E-state index contributed by atoms with van der Waals surface area (Å²) in [5, 5.41) is 3.43. The van der Waals surface area contributed by atoms with E-state index in [0.29, 0.717) is 32.2 Å². The zero-order chi connectivity index (χ0) is 22.1. The van der Waals surface area contributed by atoms with Crippen LogP contribution >= 0.6 is 0 Å². The lowest BCUT2D eigenvalue weighted by Gasteiger charge is -2.36. The number of aliphatic imine (C=N–C) groups is 1. The van der Waals surface area contributed by atoms with E-state index < -0.39 is 0 Å². The summed E-state index contributed by atoms with van der Waals surface area (Å²) in [5.41, 5.74) is 4.73. The smallest absolute Gasteiger partial charge is 0.218 e. The van der Waals surface area contributed by atoms with Crippen molar-refractivity contribution in [2.45, 2.75) is 33.4 Å². The summed E-state index contributed by atoms with van der Waals surface area (Å²) in [7, 11) is 1.66. The number of hydrogen-bond acceptors (Lipinski definition) is 5. The molecule has 1 unspecified atom stereocenters. The number of guanidine groups is 1. The number of aromatic nitrogens is 1. The lowest BCUT2D eigenvalue weighted by atomic mass is 10.00. The maximum Gasteiger partial charge on any atom is 0.218 e. The summed E-state index contributed by atoms with van der Waals surface area (Å²) in [5.74, 6) is 1.49. The average Bonchev–Trinajstić information content (AvgIpc) is 2.77. The standard InChI is InChI=1S/C24H34N4O3/c1-5-25-24(27-16-20-7-6-10-26-23(20)31-14-13-29-4)28-11-12-30-22(17-28)21-9-8-18(2)15-19(21)3/h6-10,15,22H,5,11-14,16-17H2,1-4H3,(H,25,27). The normalized spacial score (nSPS) is 17.0. The molecule has 0 saturated carbocycles. The number of morpholine rings is 1. The van der Waals surface area contributed by atoms with Crippen LogP contribution in [-0.4, -0.2) is 62.4 Å². The minimum absolute atomic E-state index is 0.0320. The van der Waals surface area contributed by atoms with Gasteiger partial charge < -0.3 is 24.4 Å². The summed E-state index contributed by atoms with van der Waals surface area (Å²) < 4.78 is 16.9.